The number of hydrogen-bond acceptors (Lipinski definition) is 5. The lowest BCUT2D eigenvalue weighted by Crippen LogP contribution is -2.14. The molecule has 6 nitrogen and oxygen atoms in total. The number of aromatic nitrogens is 2. The van der Waals surface area contributed by atoms with Gasteiger partial charge in [-0.25, -0.2) is 4.98 Å². The first-order valence-electron chi connectivity index (χ1n) is 8.47. The van der Waals surface area contributed by atoms with Crippen molar-refractivity contribution < 1.29 is 14.1 Å². The first-order chi connectivity index (χ1) is 12.2. The van der Waals surface area contributed by atoms with E-state index in [9.17, 15) is 4.79 Å². The molecule has 0 radical (unpaired) electrons. The average Bonchev–Trinajstić information content (AvgIpc) is 3.40. The average molecular weight is 337 g/mol. The van der Waals surface area contributed by atoms with Crippen LogP contribution < -0.4 is 10.1 Å². The smallest absolute Gasteiger partial charge is 0.259 e. The number of carbonyl (C=O) groups is 1. The minimum atomic E-state index is -0.215. The van der Waals surface area contributed by atoms with Crippen molar-refractivity contribution in [1.29, 1.82) is 0 Å². The van der Waals surface area contributed by atoms with Crippen LogP contribution in [-0.4, -0.2) is 22.7 Å². The van der Waals surface area contributed by atoms with Crippen molar-refractivity contribution in [2.45, 2.75) is 32.6 Å². The second-order valence-corrected chi connectivity index (χ2v) is 6.20. The Bertz CT molecular complexity index is 944. The molecular formula is C19H19N3O3. The minimum Gasteiger partial charge on any atom is -0.492 e. The number of para-hydroxylation sites is 2. The lowest BCUT2D eigenvalue weighted by atomic mass is 10.1. The zero-order valence-electron chi connectivity index (χ0n) is 14.2. The van der Waals surface area contributed by atoms with Crippen LogP contribution in [0.3, 0.4) is 0 Å². The first kappa shape index (κ1) is 15.6. The summed E-state index contributed by atoms with van der Waals surface area (Å²) in [6.07, 6.45) is 2.19. The first-order valence-corrected chi connectivity index (χ1v) is 8.47. The Kier molecular flexibility index (Phi) is 3.87. The number of carbonyl (C=O) groups excluding carboxylic acids is 1. The number of nitrogens with zero attached hydrogens (tertiary/aromatic N) is 2. The second-order valence-electron chi connectivity index (χ2n) is 6.20. The minimum absolute atomic E-state index is 0.215. The molecule has 2 heterocycles. The molecule has 2 aromatic heterocycles. The highest BCUT2D eigenvalue weighted by Crippen LogP contribution is 2.40. The summed E-state index contributed by atoms with van der Waals surface area (Å²) in [6.45, 7) is 4.26. The number of pyridine rings is 1. The van der Waals surface area contributed by atoms with Crippen LogP contribution in [-0.2, 0) is 0 Å². The molecule has 4 rings (SSSR count). The summed E-state index contributed by atoms with van der Waals surface area (Å²) in [5, 5.41) is 7.58. The molecule has 1 aromatic carbocycles. The van der Waals surface area contributed by atoms with Gasteiger partial charge >= 0.3 is 0 Å². The van der Waals surface area contributed by atoms with Crippen molar-refractivity contribution in [3.8, 4) is 5.75 Å². The van der Waals surface area contributed by atoms with Crippen LogP contribution in [0.15, 0.2) is 34.9 Å². The number of fused-ring (bicyclic) bond motifs is 1. The molecule has 1 saturated carbocycles. The molecule has 128 valence electrons. The van der Waals surface area contributed by atoms with Gasteiger partial charge in [0.25, 0.3) is 11.6 Å². The van der Waals surface area contributed by atoms with E-state index in [4.69, 9.17) is 9.26 Å². The lowest BCUT2D eigenvalue weighted by molar-refractivity contribution is 0.102. The van der Waals surface area contributed by atoms with Gasteiger partial charge in [0.2, 0.25) is 0 Å². The zero-order valence-corrected chi connectivity index (χ0v) is 14.2. The third-order valence-electron chi connectivity index (χ3n) is 4.31. The topological polar surface area (TPSA) is 77.2 Å². The maximum Gasteiger partial charge on any atom is 0.259 e. The molecule has 0 saturated heterocycles. The summed E-state index contributed by atoms with van der Waals surface area (Å²) in [5.74, 6) is 0.845. The van der Waals surface area contributed by atoms with Gasteiger partial charge in [0.15, 0.2) is 0 Å². The molecule has 3 aromatic rings. The Morgan fingerprint density at radius 2 is 2.16 bits per heavy atom. The summed E-state index contributed by atoms with van der Waals surface area (Å²) in [7, 11) is 0. The Morgan fingerprint density at radius 1 is 1.36 bits per heavy atom. The number of ether oxygens (including phenoxy) is 1. The van der Waals surface area contributed by atoms with Gasteiger partial charge in [-0.15, -0.1) is 0 Å². The highest BCUT2D eigenvalue weighted by molar-refractivity contribution is 6.12. The van der Waals surface area contributed by atoms with E-state index >= 15 is 0 Å². The zero-order chi connectivity index (χ0) is 17.4. The van der Waals surface area contributed by atoms with Gasteiger partial charge in [-0.3, -0.25) is 4.79 Å². The third-order valence-corrected chi connectivity index (χ3v) is 4.31. The molecule has 1 N–H and O–H groups in total. The lowest BCUT2D eigenvalue weighted by Gasteiger charge is -2.12. The SMILES string of the molecule is CCOc1ccccc1NC(=O)c1cc(C2CC2)nc2onc(C)c12. The number of amides is 1. The summed E-state index contributed by atoms with van der Waals surface area (Å²) in [5.41, 5.74) is 3.16. The van der Waals surface area contributed by atoms with Gasteiger partial charge in [0.05, 0.1) is 28.9 Å². The molecule has 0 aliphatic heterocycles. The Morgan fingerprint density at radius 3 is 2.92 bits per heavy atom. The van der Waals surface area contributed by atoms with Crippen molar-refractivity contribution in [2.24, 2.45) is 0 Å². The van der Waals surface area contributed by atoms with E-state index in [2.05, 4.69) is 15.5 Å². The Labute approximate surface area is 145 Å². The van der Waals surface area contributed by atoms with E-state index in [-0.39, 0.29) is 5.91 Å². The highest BCUT2D eigenvalue weighted by Gasteiger charge is 2.28. The van der Waals surface area contributed by atoms with Crippen molar-refractivity contribution >= 4 is 22.7 Å². The Balaban J connectivity index is 1.74. The van der Waals surface area contributed by atoms with E-state index in [1.54, 1.807) is 0 Å². The number of anilines is 1. The van der Waals surface area contributed by atoms with E-state index in [1.807, 2.05) is 44.2 Å². The number of rotatable bonds is 5. The van der Waals surface area contributed by atoms with E-state index < -0.39 is 0 Å². The van der Waals surface area contributed by atoms with Crippen LogP contribution in [0.1, 0.15) is 47.4 Å². The predicted octanol–water partition coefficient (Wildman–Crippen LogP) is 4.06. The molecule has 0 spiro atoms. The van der Waals surface area contributed by atoms with Crippen molar-refractivity contribution in [1.82, 2.24) is 10.1 Å². The molecule has 1 fully saturated rings. The molecule has 6 heteroatoms. The van der Waals surface area contributed by atoms with Gasteiger partial charge in [0, 0.05) is 11.6 Å². The van der Waals surface area contributed by atoms with Crippen molar-refractivity contribution in [3.05, 3.63) is 47.3 Å². The molecule has 1 aliphatic rings. The second kappa shape index (κ2) is 6.20. The van der Waals surface area contributed by atoms with Gasteiger partial charge in [-0.1, -0.05) is 17.3 Å². The third kappa shape index (κ3) is 2.95. The molecule has 0 bridgehead atoms. The maximum atomic E-state index is 13.0. The van der Waals surface area contributed by atoms with E-state index in [1.165, 1.54) is 0 Å². The largest absolute Gasteiger partial charge is 0.492 e. The normalized spacial score (nSPS) is 13.8. The number of nitrogens with one attached hydrogen (secondary N) is 1. The molecular weight excluding hydrogens is 318 g/mol. The van der Waals surface area contributed by atoms with Gasteiger partial charge in [-0.05, 0) is 44.9 Å². The molecule has 1 amide bonds. The van der Waals surface area contributed by atoms with Crippen LogP contribution in [0.4, 0.5) is 5.69 Å². The summed E-state index contributed by atoms with van der Waals surface area (Å²) < 4.78 is 10.9. The summed E-state index contributed by atoms with van der Waals surface area (Å²) in [4.78, 5) is 17.5. The molecule has 0 unspecified atom stereocenters. The molecule has 25 heavy (non-hydrogen) atoms. The fourth-order valence-corrected chi connectivity index (χ4v) is 2.92. The number of hydrogen-bond donors (Lipinski definition) is 1. The van der Waals surface area contributed by atoms with Crippen LogP contribution in [0.2, 0.25) is 0 Å². The highest BCUT2D eigenvalue weighted by atomic mass is 16.5. The fourth-order valence-electron chi connectivity index (χ4n) is 2.92. The summed E-state index contributed by atoms with van der Waals surface area (Å²) in [6, 6.07) is 9.26. The number of benzene rings is 1. The predicted molar refractivity (Wildman–Crippen MR) is 94.1 cm³/mol. The molecule has 0 atom stereocenters. The van der Waals surface area contributed by atoms with Crippen LogP contribution in [0, 0.1) is 6.92 Å². The quantitative estimate of drug-likeness (QED) is 0.759. The Hall–Kier alpha value is -2.89. The van der Waals surface area contributed by atoms with Crippen LogP contribution in [0.25, 0.3) is 11.1 Å². The van der Waals surface area contributed by atoms with Gasteiger partial charge < -0.3 is 14.6 Å². The fraction of sp³-hybridized carbons (Fsp3) is 0.316. The summed E-state index contributed by atoms with van der Waals surface area (Å²) >= 11 is 0. The van der Waals surface area contributed by atoms with Crippen LogP contribution in [0.5, 0.6) is 5.75 Å². The van der Waals surface area contributed by atoms with Crippen LogP contribution >= 0.6 is 0 Å². The number of aryl methyl sites for hydroxylation is 1. The van der Waals surface area contributed by atoms with E-state index in [0.717, 1.165) is 18.5 Å². The molecule has 1 aliphatic carbocycles. The standard InChI is InChI=1S/C19H19N3O3/c1-3-24-16-7-5-4-6-14(16)20-18(23)13-10-15(12-8-9-12)21-19-17(13)11(2)22-25-19/h4-7,10,12H,3,8-9H2,1-2H3,(H,20,23). The maximum absolute atomic E-state index is 13.0. The van der Waals surface area contributed by atoms with E-state index in [0.29, 0.717) is 46.3 Å². The van der Waals surface area contributed by atoms with Gasteiger partial charge in [0.1, 0.15) is 5.75 Å². The van der Waals surface area contributed by atoms with Crippen molar-refractivity contribution in [3.63, 3.8) is 0 Å². The monoisotopic (exact) mass is 337 g/mol. The van der Waals surface area contributed by atoms with Gasteiger partial charge in [-0.2, -0.15) is 0 Å². The van der Waals surface area contributed by atoms with Crippen molar-refractivity contribution in [2.75, 3.05) is 11.9 Å².